The first kappa shape index (κ1) is 38.6. The molecule has 29 heavy (non-hydrogen) atoms. The van der Waals surface area contributed by atoms with Crippen LogP contribution < -0.4 is 12.3 Å². The third-order valence-electron chi connectivity index (χ3n) is 3.77. The molecule has 1 radical (unpaired) electrons. The van der Waals surface area contributed by atoms with E-state index < -0.39 is 10.1 Å². The van der Waals surface area contributed by atoms with Gasteiger partial charge in [-0.2, -0.15) is 8.42 Å². The summed E-state index contributed by atoms with van der Waals surface area (Å²) >= 11 is 0. The molecule has 0 fully saturated rings. The van der Waals surface area contributed by atoms with Crippen LogP contribution in [0.2, 0.25) is 0 Å². The molecule has 0 saturated heterocycles. The maximum Gasteiger partial charge on any atom is 0.296 e. The zero-order chi connectivity index (χ0) is 20.1. The molecule has 1 aromatic carbocycles. The number of hydrogen-bond donors (Lipinski definition) is 2. The summed E-state index contributed by atoms with van der Waals surface area (Å²) < 4.78 is 28.8. The Morgan fingerprint density at radius 1 is 0.724 bits per heavy atom. The molecular weight excluding hydrogens is 436 g/mol. The zero-order valence-corrected chi connectivity index (χ0v) is 20.1. The van der Waals surface area contributed by atoms with Crippen LogP contribution >= 0.6 is 0 Å². The predicted octanol–water partition coefficient (Wildman–Crippen LogP) is 7.24. The van der Waals surface area contributed by atoms with Gasteiger partial charge in [0, 0.05) is 17.1 Å². The molecule has 0 heterocycles. The Morgan fingerprint density at radius 3 is 1.52 bits per heavy atom. The van der Waals surface area contributed by atoms with E-state index in [-0.39, 0.29) is 40.9 Å². The molecule has 0 atom stereocenters. The first-order valence-corrected chi connectivity index (χ1v) is 11.0. The van der Waals surface area contributed by atoms with Crippen molar-refractivity contribution < 1.29 is 29.7 Å². The van der Waals surface area contributed by atoms with Gasteiger partial charge in [0.15, 0.2) is 0 Å². The normalized spacial score (nSPS) is 9.14. The fourth-order valence-electron chi connectivity index (χ4n) is 2.41. The van der Waals surface area contributed by atoms with Gasteiger partial charge in [-0.15, -0.1) is 26.3 Å². The van der Waals surface area contributed by atoms with E-state index >= 15 is 0 Å². The molecule has 0 aliphatic heterocycles. The number of unbranched alkanes of at least 4 members (excludes halogenated alkanes) is 9. The first-order chi connectivity index (χ1) is 12.7. The molecular formula is C22H44CuN2O3S. The number of rotatable bonds is 13. The molecule has 0 bridgehead atoms. The van der Waals surface area contributed by atoms with Crippen molar-refractivity contribution in [3.63, 3.8) is 0 Å². The summed E-state index contributed by atoms with van der Waals surface area (Å²) in [6.07, 6.45) is 12.3. The minimum atomic E-state index is -3.57. The number of benzene rings is 1. The van der Waals surface area contributed by atoms with E-state index in [1.165, 1.54) is 51.4 Å². The van der Waals surface area contributed by atoms with Crippen molar-refractivity contribution in [2.75, 3.05) is 6.61 Å². The van der Waals surface area contributed by atoms with Crippen LogP contribution in [0.5, 0.6) is 0 Å². The van der Waals surface area contributed by atoms with E-state index in [9.17, 15) is 8.42 Å². The second-order valence-electron chi connectivity index (χ2n) is 5.77. The zero-order valence-electron chi connectivity index (χ0n) is 18.3. The van der Waals surface area contributed by atoms with Crippen LogP contribution in [0, 0.1) is 0 Å². The smallest absolute Gasteiger partial charge is 0.296 e. The Hall–Kier alpha value is -0.951. The van der Waals surface area contributed by atoms with Gasteiger partial charge in [-0.3, -0.25) is 4.18 Å². The second-order valence-corrected chi connectivity index (χ2v) is 7.39. The molecule has 0 aliphatic rings. The van der Waals surface area contributed by atoms with Gasteiger partial charge in [-0.05, 0) is 18.6 Å². The van der Waals surface area contributed by atoms with E-state index in [1.807, 2.05) is 0 Å². The molecule has 1 aromatic rings. The topological polar surface area (TPSA) is 113 Å². The quantitative estimate of drug-likeness (QED) is 0.134. The first-order valence-electron chi connectivity index (χ1n) is 9.61. The molecule has 0 aliphatic carbocycles. The van der Waals surface area contributed by atoms with Crippen molar-refractivity contribution in [3.05, 3.63) is 56.6 Å². The summed E-state index contributed by atoms with van der Waals surface area (Å²) in [4.78, 5) is 0.238. The van der Waals surface area contributed by atoms with Crippen LogP contribution in [0.3, 0.4) is 0 Å². The van der Waals surface area contributed by atoms with Crippen molar-refractivity contribution >= 4 is 10.1 Å². The molecule has 0 spiro atoms. The second kappa shape index (κ2) is 29.3. The molecule has 0 unspecified atom stereocenters. The fourth-order valence-corrected chi connectivity index (χ4v) is 3.38. The van der Waals surface area contributed by atoms with Crippen LogP contribution in [0.1, 0.15) is 71.1 Å². The van der Waals surface area contributed by atoms with E-state index in [0.29, 0.717) is 0 Å². The summed E-state index contributed by atoms with van der Waals surface area (Å²) in [5, 5.41) is 0. The minimum Gasteiger partial charge on any atom is -0.344 e. The maximum absolute atomic E-state index is 11.9. The standard InChI is InChI=1S/C18H30O3S.2C2H4.Cu.2H3N/c1-2-3-4-5-6-7-8-9-10-14-17-21-22(19,20)18-15-12-11-13-16-18;2*1-2;;;/h11-13,15-16H,2-10,14,17H2,1H3;2*1-2H2;;2*1H3. The van der Waals surface area contributed by atoms with Gasteiger partial charge in [-0.1, -0.05) is 82.9 Å². The Bertz CT molecular complexity index is 512. The van der Waals surface area contributed by atoms with E-state index in [1.54, 1.807) is 30.3 Å². The third kappa shape index (κ3) is 23.2. The van der Waals surface area contributed by atoms with Gasteiger partial charge < -0.3 is 12.3 Å². The van der Waals surface area contributed by atoms with Crippen LogP contribution in [0.25, 0.3) is 0 Å². The van der Waals surface area contributed by atoms with E-state index in [0.717, 1.165) is 12.8 Å². The van der Waals surface area contributed by atoms with Gasteiger partial charge in [0.25, 0.3) is 10.1 Å². The van der Waals surface area contributed by atoms with Crippen LogP contribution in [-0.2, 0) is 31.4 Å². The molecule has 6 N–H and O–H groups in total. The third-order valence-corrected chi connectivity index (χ3v) is 5.09. The van der Waals surface area contributed by atoms with Gasteiger partial charge in [0.2, 0.25) is 0 Å². The maximum atomic E-state index is 11.9. The number of hydrogen-bond acceptors (Lipinski definition) is 5. The SMILES string of the molecule is C=C.C=C.CCCCCCCCCCCCOS(=O)(=O)c1ccccc1.N.N.[Cu]. The average molecular weight is 480 g/mol. The minimum absolute atomic E-state index is 0. The molecule has 0 amide bonds. The summed E-state index contributed by atoms with van der Waals surface area (Å²) in [6, 6.07) is 8.33. The molecule has 7 heteroatoms. The van der Waals surface area contributed by atoms with Crippen molar-refractivity contribution in [1.29, 1.82) is 0 Å². The summed E-state index contributed by atoms with van der Waals surface area (Å²) in [6.45, 7) is 14.5. The van der Waals surface area contributed by atoms with E-state index in [4.69, 9.17) is 4.18 Å². The van der Waals surface area contributed by atoms with E-state index in [2.05, 4.69) is 33.2 Å². The largest absolute Gasteiger partial charge is 0.344 e. The summed E-state index contributed by atoms with van der Waals surface area (Å²) in [5.74, 6) is 0. The van der Waals surface area contributed by atoms with Crippen molar-refractivity contribution in [2.45, 2.75) is 76.0 Å². The molecule has 5 nitrogen and oxygen atoms in total. The van der Waals surface area contributed by atoms with Gasteiger partial charge in [0.1, 0.15) is 0 Å². The molecule has 0 aromatic heterocycles. The Morgan fingerprint density at radius 2 is 1.10 bits per heavy atom. The van der Waals surface area contributed by atoms with Crippen molar-refractivity contribution in [3.8, 4) is 0 Å². The van der Waals surface area contributed by atoms with Crippen LogP contribution in [-0.4, -0.2) is 15.0 Å². The van der Waals surface area contributed by atoms with Gasteiger partial charge in [-0.25, -0.2) is 0 Å². The van der Waals surface area contributed by atoms with Gasteiger partial charge >= 0.3 is 0 Å². The average Bonchev–Trinajstić information content (AvgIpc) is 2.70. The molecule has 0 saturated carbocycles. The van der Waals surface area contributed by atoms with Crippen molar-refractivity contribution in [2.24, 2.45) is 0 Å². The van der Waals surface area contributed by atoms with Crippen molar-refractivity contribution in [1.82, 2.24) is 12.3 Å². The van der Waals surface area contributed by atoms with Gasteiger partial charge in [0.05, 0.1) is 11.5 Å². The van der Waals surface area contributed by atoms with Crippen LogP contribution in [0.15, 0.2) is 61.5 Å². The summed E-state index contributed by atoms with van der Waals surface area (Å²) in [7, 11) is -3.57. The Labute approximate surface area is 191 Å². The Kier molecular flexibility index (Phi) is 39.0. The monoisotopic (exact) mass is 479 g/mol. The fraction of sp³-hybridized carbons (Fsp3) is 0.545. The predicted molar refractivity (Wildman–Crippen MR) is 124 cm³/mol. The summed E-state index contributed by atoms with van der Waals surface area (Å²) in [5.41, 5.74) is 0. The molecule has 1 rings (SSSR count). The Balaban J connectivity index is -0.000000257. The molecule has 177 valence electrons. The van der Waals surface area contributed by atoms with Crippen LogP contribution in [0.4, 0.5) is 0 Å².